The summed E-state index contributed by atoms with van der Waals surface area (Å²) in [5.74, 6) is 0.0519. The summed E-state index contributed by atoms with van der Waals surface area (Å²) in [4.78, 5) is 32.1. The Bertz CT molecular complexity index is 1040. The smallest absolute Gasteiger partial charge is 0.339 e. The number of hydrogen-bond donors (Lipinski definition) is 1. The third kappa shape index (κ3) is 3.17. The molecule has 1 saturated heterocycles. The zero-order valence-corrected chi connectivity index (χ0v) is 15.4. The minimum atomic E-state index is -0.639. The van der Waals surface area contributed by atoms with Crippen molar-refractivity contribution in [2.45, 2.75) is 18.8 Å². The molecule has 1 aliphatic rings. The fourth-order valence-electron chi connectivity index (χ4n) is 3.89. The van der Waals surface area contributed by atoms with Crippen molar-refractivity contribution in [3.8, 4) is 0 Å². The molecule has 28 heavy (non-hydrogen) atoms. The normalized spacial score (nSPS) is 15.0. The van der Waals surface area contributed by atoms with E-state index in [0.717, 1.165) is 18.4 Å². The van der Waals surface area contributed by atoms with Crippen molar-refractivity contribution in [2.75, 3.05) is 25.1 Å². The van der Waals surface area contributed by atoms with Crippen molar-refractivity contribution in [1.82, 2.24) is 9.97 Å². The van der Waals surface area contributed by atoms with Gasteiger partial charge >= 0.3 is 11.7 Å². The SMILES string of the molecule is COC(=O)c1cnc(N2CCC(c3c[nH]c4ccccc34)CC2)c([N+](=O)[O-])c1. The minimum Gasteiger partial charge on any atom is -0.465 e. The number of nitrogens with one attached hydrogen (secondary N) is 1. The highest BCUT2D eigenvalue weighted by Crippen LogP contribution is 2.36. The molecule has 0 radical (unpaired) electrons. The van der Waals surface area contributed by atoms with Gasteiger partial charge in [-0.15, -0.1) is 0 Å². The number of nitrogens with zero attached hydrogens (tertiary/aromatic N) is 3. The maximum absolute atomic E-state index is 11.7. The number of benzene rings is 1. The summed E-state index contributed by atoms with van der Waals surface area (Å²) >= 11 is 0. The van der Waals surface area contributed by atoms with Crippen LogP contribution in [0.2, 0.25) is 0 Å². The number of rotatable bonds is 4. The van der Waals surface area contributed by atoms with Crippen molar-refractivity contribution >= 4 is 28.4 Å². The number of anilines is 1. The molecule has 0 aliphatic carbocycles. The Balaban J connectivity index is 1.55. The van der Waals surface area contributed by atoms with Gasteiger partial charge in [0.15, 0.2) is 0 Å². The molecule has 0 unspecified atom stereocenters. The van der Waals surface area contributed by atoms with Gasteiger partial charge in [0.25, 0.3) is 0 Å². The van der Waals surface area contributed by atoms with Gasteiger partial charge in [-0.05, 0) is 30.4 Å². The van der Waals surface area contributed by atoms with E-state index < -0.39 is 10.9 Å². The third-order valence-corrected chi connectivity index (χ3v) is 5.32. The lowest BCUT2D eigenvalue weighted by Gasteiger charge is -2.32. The Hall–Kier alpha value is -3.42. The fourth-order valence-corrected chi connectivity index (χ4v) is 3.89. The van der Waals surface area contributed by atoms with Gasteiger partial charge in [-0.3, -0.25) is 10.1 Å². The number of methoxy groups -OCH3 is 1. The predicted molar refractivity (Wildman–Crippen MR) is 105 cm³/mol. The van der Waals surface area contributed by atoms with Gasteiger partial charge < -0.3 is 14.6 Å². The molecule has 0 saturated carbocycles. The number of carbonyl (C=O) groups is 1. The molecule has 1 aromatic carbocycles. The monoisotopic (exact) mass is 380 g/mol. The molecule has 0 bridgehead atoms. The molecule has 2 aromatic heterocycles. The Morgan fingerprint density at radius 3 is 2.79 bits per heavy atom. The molecule has 4 rings (SSSR count). The Morgan fingerprint density at radius 2 is 2.07 bits per heavy atom. The number of carbonyl (C=O) groups excluding carboxylic acids is 1. The van der Waals surface area contributed by atoms with Gasteiger partial charge in [0.05, 0.1) is 17.6 Å². The van der Waals surface area contributed by atoms with E-state index >= 15 is 0 Å². The van der Waals surface area contributed by atoms with Gasteiger partial charge in [-0.25, -0.2) is 9.78 Å². The Morgan fingerprint density at radius 1 is 1.32 bits per heavy atom. The van der Waals surface area contributed by atoms with Crippen LogP contribution in [-0.4, -0.2) is 41.1 Å². The van der Waals surface area contributed by atoms with Crippen molar-refractivity contribution in [2.24, 2.45) is 0 Å². The number of aromatic amines is 1. The van der Waals surface area contributed by atoms with Crippen LogP contribution in [0.1, 0.15) is 34.7 Å². The van der Waals surface area contributed by atoms with Crippen LogP contribution in [0.15, 0.2) is 42.7 Å². The van der Waals surface area contributed by atoms with E-state index in [9.17, 15) is 14.9 Å². The standard InChI is InChI=1S/C20H20N4O4/c1-28-20(25)14-10-18(24(26)27)19(22-11-14)23-8-6-13(7-9-23)16-12-21-17-5-3-2-4-15(16)17/h2-5,10-13,21H,6-9H2,1H3. The molecular weight excluding hydrogens is 360 g/mol. The number of ether oxygens (including phenoxy) is 1. The van der Waals surface area contributed by atoms with Gasteiger partial charge in [0.1, 0.15) is 0 Å². The average molecular weight is 380 g/mol. The predicted octanol–water partition coefficient (Wildman–Crippen LogP) is 3.64. The van der Waals surface area contributed by atoms with E-state index in [-0.39, 0.29) is 11.3 Å². The van der Waals surface area contributed by atoms with Crippen LogP contribution in [0, 0.1) is 10.1 Å². The summed E-state index contributed by atoms with van der Waals surface area (Å²) in [6.45, 7) is 1.32. The molecule has 3 aromatic rings. The molecule has 8 heteroatoms. The van der Waals surface area contributed by atoms with E-state index in [0.29, 0.717) is 24.8 Å². The van der Waals surface area contributed by atoms with Crippen LogP contribution in [0.3, 0.4) is 0 Å². The number of hydrogen-bond acceptors (Lipinski definition) is 6. The lowest BCUT2D eigenvalue weighted by Crippen LogP contribution is -2.34. The molecule has 3 heterocycles. The second-order valence-electron chi connectivity index (χ2n) is 6.87. The van der Waals surface area contributed by atoms with E-state index in [1.54, 1.807) is 0 Å². The maximum atomic E-state index is 11.7. The van der Waals surface area contributed by atoms with Crippen LogP contribution >= 0.6 is 0 Å². The van der Waals surface area contributed by atoms with Crippen molar-refractivity contribution in [3.05, 3.63) is 64.0 Å². The Kier molecular flexibility index (Phi) is 4.68. The molecule has 1 fully saturated rings. The lowest BCUT2D eigenvalue weighted by molar-refractivity contribution is -0.384. The zero-order valence-electron chi connectivity index (χ0n) is 15.4. The summed E-state index contributed by atoms with van der Waals surface area (Å²) in [5.41, 5.74) is 2.31. The van der Waals surface area contributed by atoms with E-state index in [1.165, 1.54) is 30.3 Å². The lowest BCUT2D eigenvalue weighted by atomic mass is 9.89. The highest BCUT2D eigenvalue weighted by molar-refractivity contribution is 5.90. The molecule has 0 amide bonds. The zero-order chi connectivity index (χ0) is 19.7. The third-order valence-electron chi connectivity index (χ3n) is 5.32. The first kappa shape index (κ1) is 18.0. The molecule has 8 nitrogen and oxygen atoms in total. The second-order valence-corrected chi connectivity index (χ2v) is 6.87. The van der Waals surface area contributed by atoms with Gasteiger partial charge in [-0.1, -0.05) is 18.2 Å². The van der Waals surface area contributed by atoms with E-state index in [1.807, 2.05) is 17.0 Å². The molecule has 1 N–H and O–H groups in total. The molecule has 1 aliphatic heterocycles. The fraction of sp³-hybridized carbons (Fsp3) is 0.300. The number of nitro groups is 1. The topological polar surface area (TPSA) is 101 Å². The number of pyridine rings is 1. The van der Waals surface area contributed by atoms with Crippen molar-refractivity contribution in [3.63, 3.8) is 0 Å². The summed E-state index contributed by atoms with van der Waals surface area (Å²) < 4.78 is 4.63. The summed E-state index contributed by atoms with van der Waals surface area (Å²) in [7, 11) is 1.23. The van der Waals surface area contributed by atoms with Gasteiger partial charge in [-0.2, -0.15) is 0 Å². The average Bonchev–Trinajstić information content (AvgIpc) is 3.17. The second kappa shape index (κ2) is 7.30. The van der Waals surface area contributed by atoms with E-state index in [4.69, 9.17) is 0 Å². The number of fused-ring (bicyclic) bond motifs is 1. The van der Waals surface area contributed by atoms with E-state index in [2.05, 4.69) is 33.0 Å². The first-order valence-electron chi connectivity index (χ1n) is 9.12. The quantitative estimate of drug-likeness (QED) is 0.421. The number of para-hydroxylation sites is 1. The summed E-state index contributed by atoms with van der Waals surface area (Å²) in [5, 5.41) is 12.7. The summed E-state index contributed by atoms with van der Waals surface area (Å²) in [6.07, 6.45) is 5.15. The Labute approximate surface area is 161 Å². The van der Waals surface area contributed by atoms with Crippen molar-refractivity contribution in [1.29, 1.82) is 0 Å². The van der Waals surface area contributed by atoms with Crippen LogP contribution in [0.25, 0.3) is 10.9 Å². The maximum Gasteiger partial charge on any atom is 0.339 e. The van der Waals surface area contributed by atoms with Crippen LogP contribution in [-0.2, 0) is 4.74 Å². The highest BCUT2D eigenvalue weighted by Gasteiger charge is 2.29. The minimum absolute atomic E-state index is 0.0756. The largest absolute Gasteiger partial charge is 0.465 e. The number of H-pyrrole nitrogens is 1. The van der Waals surface area contributed by atoms with Crippen LogP contribution in [0.4, 0.5) is 11.5 Å². The molecule has 144 valence electrons. The number of esters is 1. The number of aromatic nitrogens is 2. The van der Waals surface area contributed by atoms with Gasteiger partial charge in [0, 0.05) is 42.5 Å². The number of piperidine rings is 1. The molecule has 0 spiro atoms. The molecule has 0 atom stereocenters. The van der Waals surface area contributed by atoms with Crippen molar-refractivity contribution < 1.29 is 14.5 Å². The van der Waals surface area contributed by atoms with Crippen LogP contribution in [0.5, 0.6) is 0 Å². The van der Waals surface area contributed by atoms with Gasteiger partial charge in [0.2, 0.25) is 5.82 Å². The highest BCUT2D eigenvalue weighted by atomic mass is 16.6. The first-order valence-corrected chi connectivity index (χ1v) is 9.12. The molecular formula is C20H20N4O4. The van der Waals surface area contributed by atoms with Crippen LogP contribution < -0.4 is 4.90 Å². The first-order chi connectivity index (χ1) is 13.6. The summed E-state index contributed by atoms with van der Waals surface area (Å²) in [6, 6.07) is 9.45.